The van der Waals surface area contributed by atoms with Gasteiger partial charge in [-0.2, -0.15) is 0 Å². The second-order valence-electron chi connectivity index (χ2n) is 6.90. The Bertz CT molecular complexity index is 543. The SMILES string of the molecule is COCCOCCNC(=O)[C@@H](NC(=O)OCc1ccccc1)C(C)(C)C. The highest BCUT2D eigenvalue weighted by molar-refractivity contribution is 5.86. The first kappa shape index (κ1) is 21.9. The summed E-state index contributed by atoms with van der Waals surface area (Å²) in [5.74, 6) is -0.274. The molecule has 0 aliphatic heterocycles. The Balaban J connectivity index is 2.44. The van der Waals surface area contributed by atoms with Gasteiger partial charge in [0.15, 0.2) is 0 Å². The van der Waals surface area contributed by atoms with E-state index in [-0.39, 0.29) is 12.5 Å². The lowest BCUT2D eigenvalue weighted by Gasteiger charge is -2.30. The number of rotatable bonds is 10. The number of alkyl carbamates (subject to hydrolysis) is 1. The average molecular weight is 366 g/mol. The summed E-state index contributed by atoms with van der Waals surface area (Å²) in [5.41, 5.74) is 0.417. The summed E-state index contributed by atoms with van der Waals surface area (Å²) in [6.45, 7) is 7.50. The number of amides is 2. The van der Waals surface area contributed by atoms with Gasteiger partial charge in [-0.05, 0) is 11.0 Å². The van der Waals surface area contributed by atoms with E-state index in [1.165, 1.54) is 0 Å². The number of methoxy groups -OCH3 is 1. The number of carbonyl (C=O) groups is 2. The van der Waals surface area contributed by atoms with Crippen molar-refractivity contribution >= 4 is 12.0 Å². The topological polar surface area (TPSA) is 85.9 Å². The highest BCUT2D eigenvalue weighted by atomic mass is 16.5. The molecule has 1 aromatic carbocycles. The maximum Gasteiger partial charge on any atom is 0.408 e. The second kappa shape index (κ2) is 11.5. The van der Waals surface area contributed by atoms with Crippen LogP contribution in [0.4, 0.5) is 4.79 Å². The van der Waals surface area contributed by atoms with Gasteiger partial charge in [-0.3, -0.25) is 4.79 Å². The summed E-state index contributed by atoms with van der Waals surface area (Å²) in [5, 5.41) is 5.42. The van der Waals surface area contributed by atoms with Crippen molar-refractivity contribution in [2.75, 3.05) is 33.5 Å². The molecule has 2 amide bonds. The fraction of sp³-hybridized carbons (Fsp3) is 0.579. The average Bonchev–Trinajstić information content (AvgIpc) is 2.60. The standard InChI is InChI=1S/C19H30N2O5/c1-19(2,3)16(17(22)20-10-11-25-13-12-24-4)21-18(23)26-14-15-8-6-5-7-9-15/h5-9,16H,10-14H2,1-4H3,(H,20,22)(H,21,23)/t16-/m1/s1. The normalized spacial score (nSPS) is 12.3. The van der Waals surface area contributed by atoms with Gasteiger partial charge < -0.3 is 24.8 Å². The minimum Gasteiger partial charge on any atom is -0.445 e. The molecule has 0 unspecified atom stereocenters. The Kier molecular flexibility index (Phi) is 9.69. The van der Waals surface area contributed by atoms with Crippen molar-refractivity contribution in [3.8, 4) is 0 Å². The van der Waals surface area contributed by atoms with Gasteiger partial charge in [0, 0.05) is 13.7 Å². The summed E-state index contributed by atoms with van der Waals surface area (Å²) in [7, 11) is 1.60. The number of carbonyl (C=O) groups excluding carboxylic acids is 2. The van der Waals surface area contributed by atoms with Crippen LogP contribution in [-0.2, 0) is 25.6 Å². The first-order chi connectivity index (χ1) is 12.3. The molecule has 7 nitrogen and oxygen atoms in total. The molecule has 26 heavy (non-hydrogen) atoms. The van der Waals surface area contributed by atoms with Gasteiger partial charge in [0.25, 0.3) is 0 Å². The highest BCUT2D eigenvalue weighted by Gasteiger charge is 2.33. The van der Waals surface area contributed by atoms with E-state index in [0.29, 0.717) is 26.4 Å². The number of hydrogen-bond donors (Lipinski definition) is 2. The Hall–Kier alpha value is -2.12. The van der Waals surface area contributed by atoms with E-state index >= 15 is 0 Å². The molecule has 0 radical (unpaired) electrons. The van der Waals surface area contributed by atoms with Crippen LogP contribution in [0.3, 0.4) is 0 Å². The Labute approximate surface area is 155 Å². The largest absolute Gasteiger partial charge is 0.445 e. The van der Waals surface area contributed by atoms with Gasteiger partial charge in [0.05, 0.1) is 19.8 Å². The predicted molar refractivity (Wildman–Crippen MR) is 98.7 cm³/mol. The molecule has 0 fully saturated rings. The van der Waals surface area contributed by atoms with Crippen molar-refractivity contribution in [3.63, 3.8) is 0 Å². The van der Waals surface area contributed by atoms with Crippen LogP contribution in [-0.4, -0.2) is 51.5 Å². The van der Waals surface area contributed by atoms with Gasteiger partial charge in [-0.15, -0.1) is 0 Å². The lowest BCUT2D eigenvalue weighted by atomic mass is 9.86. The Morgan fingerprint density at radius 1 is 1.08 bits per heavy atom. The van der Waals surface area contributed by atoms with E-state index in [4.69, 9.17) is 14.2 Å². The van der Waals surface area contributed by atoms with Crippen LogP contribution in [0.2, 0.25) is 0 Å². The minimum atomic E-state index is -0.718. The first-order valence-electron chi connectivity index (χ1n) is 8.66. The third-order valence-corrected chi connectivity index (χ3v) is 3.58. The van der Waals surface area contributed by atoms with Crippen molar-refractivity contribution in [2.24, 2.45) is 5.41 Å². The van der Waals surface area contributed by atoms with Crippen molar-refractivity contribution in [3.05, 3.63) is 35.9 Å². The number of benzene rings is 1. The number of ether oxygens (including phenoxy) is 3. The van der Waals surface area contributed by atoms with E-state index in [2.05, 4.69) is 10.6 Å². The molecule has 0 aliphatic rings. The summed E-state index contributed by atoms with van der Waals surface area (Å²) >= 11 is 0. The molecule has 2 N–H and O–H groups in total. The van der Waals surface area contributed by atoms with Crippen molar-refractivity contribution < 1.29 is 23.8 Å². The van der Waals surface area contributed by atoms with Gasteiger partial charge in [0.1, 0.15) is 12.6 Å². The molecular formula is C19H30N2O5. The zero-order valence-electron chi connectivity index (χ0n) is 16.0. The second-order valence-corrected chi connectivity index (χ2v) is 6.90. The monoisotopic (exact) mass is 366 g/mol. The van der Waals surface area contributed by atoms with Gasteiger partial charge in [-0.25, -0.2) is 4.79 Å². The molecule has 1 rings (SSSR count). The molecule has 0 saturated carbocycles. The van der Waals surface area contributed by atoms with Gasteiger partial charge in [-0.1, -0.05) is 51.1 Å². The van der Waals surface area contributed by atoms with Gasteiger partial charge >= 0.3 is 6.09 Å². The predicted octanol–water partition coefficient (Wildman–Crippen LogP) is 2.11. The number of nitrogens with one attached hydrogen (secondary N) is 2. The summed E-state index contributed by atoms with van der Waals surface area (Å²) in [4.78, 5) is 24.5. The van der Waals surface area contributed by atoms with Crippen molar-refractivity contribution in [1.29, 1.82) is 0 Å². The van der Waals surface area contributed by atoms with E-state index in [1.54, 1.807) is 7.11 Å². The van der Waals surface area contributed by atoms with E-state index in [0.717, 1.165) is 5.56 Å². The smallest absolute Gasteiger partial charge is 0.408 e. The molecule has 0 aromatic heterocycles. The fourth-order valence-electron chi connectivity index (χ4n) is 2.15. The molecule has 7 heteroatoms. The maximum atomic E-state index is 12.4. The lowest BCUT2D eigenvalue weighted by Crippen LogP contribution is -2.54. The van der Waals surface area contributed by atoms with Crippen LogP contribution >= 0.6 is 0 Å². The first-order valence-corrected chi connectivity index (χ1v) is 8.66. The molecule has 0 heterocycles. The highest BCUT2D eigenvalue weighted by Crippen LogP contribution is 2.19. The van der Waals surface area contributed by atoms with Crippen LogP contribution in [0, 0.1) is 5.41 Å². The van der Waals surface area contributed by atoms with Gasteiger partial charge in [0.2, 0.25) is 5.91 Å². The lowest BCUT2D eigenvalue weighted by molar-refractivity contribution is -0.125. The Morgan fingerprint density at radius 3 is 2.38 bits per heavy atom. The zero-order chi connectivity index (χ0) is 19.4. The third-order valence-electron chi connectivity index (χ3n) is 3.58. The summed E-state index contributed by atoms with van der Waals surface area (Å²) in [6, 6.07) is 8.65. The van der Waals surface area contributed by atoms with Crippen molar-refractivity contribution in [2.45, 2.75) is 33.4 Å². The van der Waals surface area contributed by atoms with E-state index in [9.17, 15) is 9.59 Å². The molecule has 1 aromatic rings. The van der Waals surface area contributed by atoms with Crippen LogP contribution in [0.1, 0.15) is 26.3 Å². The van der Waals surface area contributed by atoms with Crippen LogP contribution < -0.4 is 10.6 Å². The molecule has 0 bridgehead atoms. The number of hydrogen-bond acceptors (Lipinski definition) is 5. The molecule has 0 aliphatic carbocycles. The summed E-state index contributed by atoms with van der Waals surface area (Å²) < 4.78 is 15.4. The summed E-state index contributed by atoms with van der Waals surface area (Å²) in [6.07, 6.45) is -0.625. The Morgan fingerprint density at radius 2 is 1.77 bits per heavy atom. The maximum absolute atomic E-state index is 12.4. The van der Waals surface area contributed by atoms with Crippen LogP contribution in [0.5, 0.6) is 0 Å². The third kappa shape index (κ3) is 8.82. The van der Waals surface area contributed by atoms with Crippen molar-refractivity contribution in [1.82, 2.24) is 10.6 Å². The molecular weight excluding hydrogens is 336 g/mol. The molecule has 1 atom stereocenters. The molecule has 146 valence electrons. The van der Waals surface area contributed by atoms with E-state index in [1.807, 2.05) is 51.1 Å². The quantitative estimate of drug-likeness (QED) is 0.620. The zero-order valence-corrected chi connectivity index (χ0v) is 16.0. The minimum absolute atomic E-state index is 0.151. The molecule has 0 spiro atoms. The van der Waals surface area contributed by atoms with Crippen LogP contribution in [0.15, 0.2) is 30.3 Å². The van der Waals surface area contributed by atoms with Crippen LogP contribution in [0.25, 0.3) is 0 Å². The molecule has 0 saturated heterocycles. The fourth-order valence-corrected chi connectivity index (χ4v) is 2.15. The van der Waals surface area contributed by atoms with E-state index < -0.39 is 17.6 Å².